The fraction of sp³-hybridized carbons (Fsp3) is 0.364. The van der Waals surface area contributed by atoms with Gasteiger partial charge in [0.1, 0.15) is 0 Å². The quantitative estimate of drug-likeness (QED) is 0.762. The lowest BCUT2D eigenvalue weighted by Gasteiger charge is -2.07. The molecule has 0 atom stereocenters. The molecule has 0 spiro atoms. The lowest BCUT2D eigenvalue weighted by molar-refractivity contribution is -0.118. The Morgan fingerprint density at radius 2 is 2.00 bits per heavy atom. The van der Waals surface area contributed by atoms with Crippen molar-refractivity contribution in [2.24, 2.45) is 0 Å². The van der Waals surface area contributed by atoms with E-state index >= 15 is 0 Å². The second kappa shape index (κ2) is 5.40. The Balaban J connectivity index is 2.53. The zero-order valence-electron chi connectivity index (χ0n) is 8.34. The van der Waals surface area contributed by atoms with Crippen LogP contribution in [-0.2, 0) is 17.8 Å². The molecule has 75 valence electrons. The van der Waals surface area contributed by atoms with Crippen LogP contribution in [0.5, 0.6) is 0 Å². The SMILES string of the molecule is CC(=O)NCCc1ccccc1C[NH]. The molecule has 2 N–H and O–H groups in total. The molecule has 0 heterocycles. The van der Waals surface area contributed by atoms with Crippen LogP contribution in [0.25, 0.3) is 0 Å². The smallest absolute Gasteiger partial charge is 0.216 e. The van der Waals surface area contributed by atoms with E-state index in [0.29, 0.717) is 13.1 Å². The first-order valence-corrected chi connectivity index (χ1v) is 4.70. The summed E-state index contributed by atoms with van der Waals surface area (Å²) in [5.41, 5.74) is 9.51. The van der Waals surface area contributed by atoms with Gasteiger partial charge in [0.2, 0.25) is 5.91 Å². The van der Waals surface area contributed by atoms with Gasteiger partial charge < -0.3 is 5.32 Å². The normalized spacial score (nSPS) is 9.86. The molecular formula is C11H15N2O. The highest BCUT2D eigenvalue weighted by molar-refractivity contribution is 5.72. The van der Waals surface area contributed by atoms with Gasteiger partial charge in [-0.2, -0.15) is 0 Å². The van der Waals surface area contributed by atoms with Gasteiger partial charge in [-0.3, -0.25) is 10.5 Å². The molecule has 0 unspecified atom stereocenters. The lowest BCUT2D eigenvalue weighted by Crippen LogP contribution is -2.22. The van der Waals surface area contributed by atoms with Gasteiger partial charge in [0.25, 0.3) is 0 Å². The second-order valence-electron chi connectivity index (χ2n) is 3.18. The number of nitrogens with one attached hydrogen (secondary N) is 2. The van der Waals surface area contributed by atoms with E-state index in [9.17, 15) is 4.79 Å². The Hall–Kier alpha value is -1.35. The number of amides is 1. The highest BCUT2D eigenvalue weighted by Crippen LogP contribution is 2.08. The van der Waals surface area contributed by atoms with Crippen molar-refractivity contribution in [1.82, 2.24) is 11.1 Å². The summed E-state index contributed by atoms with van der Waals surface area (Å²) in [6.07, 6.45) is 0.800. The Morgan fingerprint density at radius 3 is 2.57 bits per heavy atom. The predicted octanol–water partition coefficient (Wildman–Crippen LogP) is 1.15. The van der Waals surface area contributed by atoms with Crippen LogP contribution < -0.4 is 11.1 Å². The van der Waals surface area contributed by atoms with E-state index in [2.05, 4.69) is 5.32 Å². The summed E-state index contributed by atoms with van der Waals surface area (Å²) >= 11 is 0. The highest BCUT2D eigenvalue weighted by atomic mass is 16.1. The molecular weight excluding hydrogens is 176 g/mol. The van der Waals surface area contributed by atoms with Crippen molar-refractivity contribution in [3.8, 4) is 0 Å². The summed E-state index contributed by atoms with van der Waals surface area (Å²) < 4.78 is 0. The van der Waals surface area contributed by atoms with Gasteiger partial charge >= 0.3 is 0 Å². The first kappa shape index (κ1) is 10.7. The van der Waals surface area contributed by atoms with Gasteiger partial charge in [-0.15, -0.1) is 0 Å². The van der Waals surface area contributed by atoms with E-state index < -0.39 is 0 Å². The Bertz CT molecular complexity index is 310. The van der Waals surface area contributed by atoms with Crippen molar-refractivity contribution in [1.29, 1.82) is 0 Å². The zero-order valence-corrected chi connectivity index (χ0v) is 8.34. The van der Waals surface area contributed by atoms with Gasteiger partial charge in [0.05, 0.1) is 0 Å². The van der Waals surface area contributed by atoms with E-state index in [4.69, 9.17) is 5.73 Å². The van der Waals surface area contributed by atoms with Crippen LogP contribution in [0.1, 0.15) is 18.1 Å². The Morgan fingerprint density at radius 1 is 1.36 bits per heavy atom. The van der Waals surface area contributed by atoms with Crippen molar-refractivity contribution < 1.29 is 4.79 Å². The molecule has 0 bridgehead atoms. The number of carbonyl (C=O) groups excluding carboxylic acids is 1. The molecule has 1 amide bonds. The van der Waals surface area contributed by atoms with Crippen LogP contribution in [0.2, 0.25) is 0 Å². The molecule has 0 aliphatic carbocycles. The third-order valence-corrected chi connectivity index (χ3v) is 2.08. The van der Waals surface area contributed by atoms with Crippen molar-refractivity contribution in [3.05, 3.63) is 35.4 Å². The predicted molar refractivity (Wildman–Crippen MR) is 55.6 cm³/mol. The fourth-order valence-electron chi connectivity index (χ4n) is 1.35. The molecule has 1 aromatic rings. The number of hydrogen-bond acceptors (Lipinski definition) is 1. The molecule has 1 radical (unpaired) electrons. The first-order chi connectivity index (χ1) is 6.74. The number of carbonyl (C=O) groups is 1. The molecule has 1 aromatic carbocycles. The van der Waals surface area contributed by atoms with Gasteiger partial charge in [0, 0.05) is 20.0 Å². The van der Waals surface area contributed by atoms with Gasteiger partial charge in [-0.25, -0.2) is 0 Å². The van der Waals surface area contributed by atoms with E-state index in [1.165, 1.54) is 6.92 Å². The van der Waals surface area contributed by atoms with Crippen LogP contribution in [0.3, 0.4) is 0 Å². The number of benzene rings is 1. The van der Waals surface area contributed by atoms with Crippen molar-refractivity contribution in [2.75, 3.05) is 6.54 Å². The summed E-state index contributed by atoms with van der Waals surface area (Å²) in [6, 6.07) is 7.86. The first-order valence-electron chi connectivity index (χ1n) is 4.70. The molecule has 0 aliphatic rings. The van der Waals surface area contributed by atoms with Crippen LogP contribution in [0.15, 0.2) is 24.3 Å². The second-order valence-corrected chi connectivity index (χ2v) is 3.18. The molecule has 3 nitrogen and oxygen atoms in total. The van der Waals surface area contributed by atoms with E-state index in [0.717, 1.165) is 17.5 Å². The average Bonchev–Trinajstić information content (AvgIpc) is 2.18. The largest absolute Gasteiger partial charge is 0.356 e. The Labute approximate surface area is 84.3 Å². The zero-order chi connectivity index (χ0) is 10.4. The monoisotopic (exact) mass is 191 g/mol. The van der Waals surface area contributed by atoms with Crippen LogP contribution in [-0.4, -0.2) is 12.5 Å². The van der Waals surface area contributed by atoms with Crippen molar-refractivity contribution >= 4 is 5.91 Å². The maximum absolute atomic E-state index is 10.6. The van der Waals surface area contributed by atoms with Gasteiger partial charge in [-0.1, -0.05) is 24.3 Å². The minimum atomic E-state index is -0.00615. The minimum Gasteiger partial charge on any atom is -0.356 e. The molecule has 0 fully saturated rings. The van der Waals surface area contributed by atoms with Crippen LogP contribution in [0, 0.1) is 0 Å². The fourth-order valence-corrected chi connectivity index (χ4v) is 1.35. The molecule has 3 heteroatoms. The van der Waals surface area contributed by atoms with E-state index in [1.54, 1.807) is 0 Å². The van der Waals surface area contributed by atoms with Crippen molar-refractivity contribution in [3.63, 3.8) is 0 Å². The van der Waals surface area contributed by atoms with E-state index in [1.807, 2.05) is 24.3 Å². The summed E-state index contributed by atoms with van der Waals surface area (Å²) in [4.78, 5) is 10.6. The summed E-state index contributed by atoms with van der Waals surface area (Å²) in [7, 11) is 0. The topological polar surface area (TPSA) is 52.9 Å². The van der Waals surface area contributed by atoms with Gasteiger partial charge in [-0.05, 0) is 17.5 Å². The van der Waals surface area contributed by atoms with Gasteiger partial charge in [0.15, 0.2) is 0 Å². The minimum absolute atomic E-state index is 0.00615. The number of rotatable bonds is 4. The highest BCUT2D eigenvalue weighted by Gasteiger charge is 1.99. The number of hydrogen-bond donors (Lipinski definition) is 1. The van der Waals surface area contributed by atoms with Crippen LogP contribution >= 0.6 is 0 Å². The van der Waals surface area contributed by atoms with Crippen molar-refractivity contribution in [2.45, 2.75) is 19.9 Å². The molecule has 0 aliphatic heterocycles. The third kappa shape index (κ3) is 3.18. The maximum atomic E-state index is 10.6. The molecule has 1 rings (SSSR count). The Kier molecular flexibility index (Phi) is 4.13. The molecule has 0 aromatic heterocycles. The average molecular weight is 191 g/mol. The third-order valence-electron chi connectivity index (χ3n) is 2.08. The maximum Gasteiger partial charge on any atom is 0.216 e. The summed E-state index contributed by atoms with van der Waals surface area (Å²) in [5.74, 6) is -0.00615. The standard InChI is InChI=1S/C11H15N2O/c1-9(14)13-7-6-10-4-2-3-5-11(10)8-12/h2-5,12H,6-8H2,1H3,(H,13,14). The lowest BCUT2D eigenvalue weighted by atomic mass is 10.0. The summed E-state index contributed by atoms with van der Waals surface area (Å²) in [6.45, 7) is 2.46. The molecule has 0 saturated carbocycles. The van der Waals surface area contributed by atoms with E-state index in [-0.39, 0.29) is 5.91 Å². The molecule has 0 saturated heterocycles. The van der Waals surface area contributed by atoms with Crippen LogP contribution in [0.4, 0.5) is 0 Å². The molecule has 14 heavy (non-hydrogen) atoms. The summed E-state index contributed by atoms with van der Waals surface area (Å²) in [5, 5.41) is 2.75.